The molecule has 0 amide bonds. The molecule has 1 aromatic carbocycles. The summed E-state index contributed by atoms with van der Waals surface area (Å²) in [5, 5.41) is 14.3. The highest BCUT2D eigenvalue weighted by Crippen LogP contribution is 2.23. The van der Waals surface area contributed by atoms with Crippen molar-refractivity contribution >= 4 is 22.6 Å². The zero-order valence-electron chi connectivity index (χ0n) is 11.9. The molecule has 0 saturated heterocycles. The Morgan fingerprint density at radius 1 is 1.40 bits per heavy atom. The molecular formula is C16H20N2O2. The molecule has 0 aliphatic carbocycles. The molecule has 2 rings (SSSR count). The fraction of sp³-hybridized carbons (Fsp3) is 0.375. The average molecular weight is 272 g/mol. The van der Waals surface area contributed by atoms with Crippen molar-refractivity contribution in [2.75, 3.05) is 5.32 Å². The molecule has 0 aliphatic heterocycles. The third-order valence-electron chi connectivity index (χ3n) is 3.33. The van der Waals surface area contributed by atoms with Gasteiger partial charge < -0.3 is 10.4 Å². The number of hydrogen-bond donors (Lipinski definition) is 2. The van der Waals surface area contributed by atoms with Crippen LogP contribution in [0.5, 0.6) is 0 Å². The first kappa shape index (κ1) is 14.3. The quantitative estimate of drug-likeness (QED) is 0.836. The van der Waals surface area contributed by atoms with Crippen LogP contribution in [0.2, 0.25) is 0 Å². The first-order valence-electron chi connectivity index (χ1n) is 7.01. The second-order valence-corrected chi connectivity index (χ2v) is 5.07. The Kier molecular flexibility index (Phi) is 4.56. The molecule has 1 heterocycles. The van der Waals surface area contributed by atoms with Crippen LogP contribution in [0.25, 0.3) is 10.8 Å². The van der Waals surface area contributed by atoms with E-state index in [9.17, 15) is 4.79 Å². The number of hydrogen-bond acceptors (Lipinski definition) is 3. The zero-order chi connectivity index (χ0) is 14.5. The molecule has 4 nitrogen and oxygen atoms in total. The van der Waals surface area contributed by atoms with Crippen molar-refractivity contribution in [3.63, 3.8) is 0 Å². The topological polar surface area (TPSA) is 62.2 Å². The van der Waals surface area contributed by atoms with E-state index in [4.69, 9.17) is 5.11 Å². The largest absolute Gasteiger partial charge is 0.477 e. The fourth-order valence-corrected chi connectivity index (χ4v) is 2.23. The lowest BCUT2D eigenvalue weighted by Crippen LogP contribution is -2.17. The van der Waals surface area contributed by atoms with Gasteiger partial charge in [-0.05, 0) is 24.8 Å². The number of carboxylic acids is 1. The number of nitrogens with zero attached hydrogens (tertiary/aromatic N) is 1. The van der Waals surface area contributed by atoms with Crippen molar-refractivity contribution in [2.24, 2.45) is 0 Å². The van der Waals surface area contributed by atoms with Gasteiger partial charge in [-0.25, -0.2) is 9.78 Å². The van der Waals surface area contributed by atoms with Crippen LogP contribution in [-0.4, -0.2) is 22.1 Å². The third kappa shape index (κ3) is 3.26. The Bertz CT molecular complexity index is 610. The highest BCUT2D eigenvalue weighted by Gasteiger charge is 2.12. The molecule has 0 aliphatic rings. The van der Waals surface area contributed by atoms with E-state index in [1.807, 2.05) is 24.3 Å². The van der Waals surface area contributed by atoms with E-state index in [0.29, 0.717) is 5.82 Å². The van der Waals surface area contributed by atoms with Gasteiger partial charge in [0.1, 0.15) is 5.82 Å². The molecule has 2 N–H and O–H groups in total. The van der Waals surface area contributed by atoms with Gasteiger partial charge in [-0.2, -0.15) is 0 Å². The Hall–Kier alpha value is -2.10. The van der Waals surface area contributed by atoms with E-state index in [1.54, 1.807) is 6.07 Å². The smallest absolute Gasteiger partial charge is 0.354 e. The number of anilines is 1. The maximum Gasteiger partial charge on any atom is 0.354 e. The first-order valence-corrected chi connectivity index (χ1v) is 7.01. The lowest BCUT2D eigenvalue weighted by Gasteiger charge is -2.16. The summed E-state index contributed by atoms with van der Waals surface area (Å²) in [6.07, 6.45) is 3.34. The Morgan fingerprint density at radius 2 is 2.15 bits per heavy atom. The maximum atomic E-state index is 11.2. The molecule has 1 aromatic heterocycles. The highest BCUT2D eigenvalue weighted by molar-refractivity contribution is 5.97. The molecule has 2 aromatic rings. The van der Waals surface area contributed by atoms with Gasteiger partial charge in [0.05, 0.1) is 0 Å². The zero-order valence-corrected chi connectivity index (χ0v) is 11.9. The number of pyridine rings is 1. The van der Waals surface area contributed by atoms with Crippen molar-refractivity contribution in [1.82, 2.24) is 4.98 Å². The minimum atomic E-state index is -1.000. The summed E-state index contributed by atoms with van der Waals surface area (Å²) in [7, 11) is 0. The summed E-state index contributed by atoms with van der Waals surface area (Å²) in [6, 6.07) is 9.59. The van der Waals surface area contributed by atoms with Crippen molar-refractivity contribution in [3.8, 4) is 0 Å². The molecule has 0 fully saturated rings. The number of unbranched alkanes of at least 4 members (excludes halogenated alkanes) is 1. The number of carboxylic acid groups (broad SMARTS) is 1. The molecule has 0 saturated carbocycles. The lowest BCUT2D eigenvalue weighted by atomic mass is 10.1. The Morgan fingerprint density at radius 3 is 2.85 bits per heavy atom. The first-order chi connectivity index (χ1) is 9.61. The van der Waals surface area contributed by atoms with Crippen LogP contribution in [0.1, 0.15) is 43.6 Å². The second kappa shape index (κ2) is 6.37. The second-order valence-electron chi connectivity index (χ2n) is 5.07. The molecule has 106 valence electrons. The number of rotatable bonds is 6. The van der Waals surface area contributed by atoms with Crippen LogP contribution in [0, 0.1) is 0 Å². The molecule has 1 unspecified atom stereocenters. The molecule has 20 heavy (non-hydrogen) atoms. The molecule has 1 atom stereocenters. The van der Waals surface area contributed by atoms with Gasteiger partial charge in [-0.15, -0.1) is 0 Å². The third-order valence-corrected chi connectivity index (χ3v) is 3.33. The fourth-order valence-electron chi connectivity index (χ4n) is 2.23. The Balaban J connectivity index is 2.37. The number of nitrogens with one attached hydrogen (secondary N) is 1. The van der Waals surface area contributed by atoms with Crippen LogP contribution in [0.4, 0.5) is 5.82 Å². The van der Waals surface area contributed by atoms with Crippen molar-refractivity contribution in [3.05, 3.63) is 36.0 Å². The van der Waals surface area contributed by atoms with Crippen molar-refractivity contribution in [1.29, 1.82) is 0 Å². The van der Waals surface area contributed by atoms with Gasteiger partial charge in [0, 0.05) is 11.4 Å². The number of aromatic carboxylic acids is 1. The van der Waals surface area contributed by atoms with Gasteiger partial charge in [0.2, 0.25) is 0 Å². The van der Waals surface area contributed by atoms with E-state index in [0.717, 1.165) is 30.0 Å². The van der Waals surface area contributed by atoms with E-state index in [1.165, 1.54) is 0 Å². The summed E-state index contributed by atoms with van der Waals surface area (Å²) in [4.78, 5) is 15.4. The predicted molar refractivity (Wildman–Crippen MR) is 81.3 cm³/mol. The normalized spacial score (nSPS) is 12.3. The van der Waals surface area contributed by atoms with Crippen LogP contribution in [-0.2, 0) is 0 Å². The minimum Gasteiger partial charge on any atom is -0.477 e. The summed E-state index contributed by atoms with van der Waals surface area (Å²) in [5.41, 5.74) is 0.0777. The van der Waals surface area contributed by atoms with E-state index < -0.39 is 5.97 Å². The van der Waals surface area contributed by atoms with E-state index >= 15 is 0 Å². The summed E-state index contributed by atoms with van der Waals surface area (Å²) in [6.45, 7) is 4.25. The monoisotopic (exact) mass is 272 g/mol. The maximum absolute atomic E-state index is 11.2. The number of fused-ring (bicyclic) bond motifs is 1. The SMILES string of the molecule is CCCCC(C)Nc1nc(C(=O)O)cc2ccccc12. The highest BCUT2D eigenvalue weighted by atomic mass is 16.4. The summed E-state index contributed by atoms with van der Waals surface area (Å²) >= 11 is 0. The Labute approximate surface area is 118 Å². The van der Waals surface area contributed by atoms with Crippen LogP contribution in [0.3, 0.4) is 0 Å². The molecule has 0 spiro atoms. The minimum absolute atomic E-state index is 0.0777. The van der Waals surface area contributed by atoms with Crippen molar-refractivity contribution in [2.45, 2.75) is 39.2 Å². The van der Waals surface area contributed by atoms with Gasteiger partial charge in [-0.1, -0.05) is 44.0 Å². The van der Waals surface area contributed by atoms with Crippen LogP contribution in [0.15, 0.2) is 30.3 Å². The van der Waals surface area contributed by atoms with Gasteiger partial charge in [-0.3, -0.25) is 0 Å². The van der Waals surface area contributed by atoms with Gasteiger partial charge >= 0.3 is 5.97 Å². The van der Waals surface area contributed by atoms with Gasteiger partial charge in [0.15, 0.2) is 5.69 Å². The predicted octanol–water partition coefficient (Wildman–Crippen LogP) is 3.92. The summed E-state index contributed by atoms with van der Waals surface area (Å²) < 4.78 is 0. The van der Waals surface area contributed by atoms with Crippen LogP contribution < -0.4 is 5.32 Å². The van der Waals surface area contributed by atoms with Crippen LogP contribution >= 0.6 is 0 Å². The molecule has 0 bridgehead atoms. The number of aromatic nitrogens is 1. The van der Waals surface area contributed by atoms with E-state index in [-0.39, 0.29) is 11.7 Å². The lowest BCUT2D eigenvalue weighted by molar-refractivity contribution is 0.0691. The number of carbonyl (C=O) groups is 1. The number of benzene rings is 1. The molecule has 4 heteroatoms. The average Bonchev–Trinajstić information content (AvgIpc) is 2.44. The summed E-state index contributed by atoms with van der Waals surface area (Å²) in [5.74, 6) is -0.343. The molecular weight excluding hydrogens is 252 g/mol. The molecule has 0 radical (unpaired) electrons. The van der Waals surface area contributed by atoms with Gasteiger partial charge in [0.25, 0.3) is 0 Å². The standard InChI is InChI=1S/C16H20N2O2/c1-3-4-7-11(2)17-15-13-9-6-5-8-12(13)10-14(18-15)16(19)20/h5-6,8-11H,3-4,7H2,1-2H3,(H,17,18)(H,19,20). The van der Waals surface area contributed by atoms with Crippen molar-refractivity contribution < 1.29 is 9.90 Å². The van der Waals surface area contributed by atoms with E-state index in [2.05, 4.69) is 24.1 Å².